The fraction of sp³-hybridized carbons (Fsp3) is 0.652. The fourth-order valence-electron chi connectivity index (χ4n) is 4.51. The monoisotopic (exact) mass is 418 g/mol. The van der Waals surface area contributed by atoms with Crippen LogP contribution in [0.1, 0.15) is 37.7 Å². The topological polar surface area (TPSA) is 68.3 Å². The second-order valence-corrected chi connectivity index (χ2v) is 8.06. The van der Waals surface area contributed by atoms with Crippen LogP contribution in [-0.4, -0.2) is 80.8 Å². The van der Waals surface area contributed by atoms with Crippen LogP contribution in [0.15, 0.2) is 24.3 Å². The molecule has 2 heterocycles. The number of aryl methyl sites for hydroxylation is 1. The van der Waals surface area contributed by atoms with Crippen molar-refractivity contribution in [2.24, 2.45) is 0 Å². The van der Waals surface area contributed by atoms with Crippen LogP contribution in [0.4, 0.5) is 0 Å². The second-order valence-electron chi connectivity index (χ2n) is 8.06. The highest BCUT2D eigenvalue weighted by molar-refractivity contribution is 5.79. The molecule has 7 heteroatoms. The van der Waals surface area contributed by atoms with Crippen molar-refractivity contribution in [3.05, 3.63) is 29.8 Å². The summed E-state index contributed by atoms with van der Waals surface area (Å²) in [4.78, 5) is 29.7. The molecule has 2 aliphatic heterocycles. The zero-order valence-corrected chi connectivity index (χ0v) is 18.2. The molecule has 0 aromatic heterocycles. The van der Waals surface area contributed by atoms with Gasteiger partial charge in [-0.1, -0.05) is 12.1 Å². The molecule has 2 saturated heterocycles. The standard InChI is InChI=1S/C23H34N2O5/c1-28-17-23(27)25(19-10-13-30-14-11-19)20-6-4-12-24(16-20)22(26)9-8-18-5-3-7-21(15-18)29-2/h3,5,7,15,19-20H,4,6,8-14,16-17H2,1-2H3. The summed E-state index contributed by atoms with van der Waals surface area (Å²) >= 11 is 0. The number of benzene rings is 1. The average molecular weight is 419 g/mol. The summed E-state index contributed by atoms with van der Waals surface area (Å²) in [6.07, 6.45) is 4.67. The van der Waals surface area contributed by atoms with Crippen molar-refractivity contribution in [1.82, 2.24) is 9.80 Å². The number of hydrogen-bond donors (Lipinski definition) is 0. The van der Waals surface area contributed by atoms with Crippen LogP contribution >= 0.6 is 0 Å². The number of piperidine rings is 1. The summed E-state index contributed by atoms with van der Waals surface area (Å²) in [5.41, 5.74) is 1.09. The molecule has 1 atom stereocenters. The van der Waals surface area contributed by atoms with E-state index in [0.717, 1.165) is 43.5 Å². The van der Waals surface area contributed by atoms with Gasteiger partial charge in [0.25, 0.3) is 0 Å². The summed E-state index contributed by atoms with van der Waals surface area (Å²) in [6, 6.07) is 8.06. The lowest BCUT2D eigenvalue weighted by atomic mass is 9.98. The highest BCUT2D eigenvalue weighted by Crippen LogP contribution is 2.24. The molecule has 0 radical (unpaired) electrons. The van der Waals surface area contributed by atoms with Gasteiger partial charge in [0.05, 0.1) is 7.11 Å². The van der Waals surface area contributed by atoms with Crippen molar-refractivity contribution < 1.29 is 23.8 Å². The van der Waals surface area contributed by atoms with Gasteiger partial charge in [-0.25, -0.2) is 0 Å². The number of carbonyl (C=O) groups excluding carboxylic acids is 2. The molecule has 2 aliphatic rings. The molecule has 30 heavy (non-hydrogen) atoms. The summed E-state index contributed by atoms with van der Waals surface area (Å²) in [5, 5.41) is 0. The maximum atomic E-state index is 12.9. The molecule has 3 rings (SSSR count). The molecule has 0 saturated carbocycles. The molecule has 166 valence electrons. The third-order valence-electron chi connectivity index (χ3n) is 6.04. The van der Waals surface area contributed by atoms with E-state index in [1.807, 2.05) is 34.1 Å². The highest BCUT2D eigenvalue weighted by Gasteiger charge is 2.35. The first-order valence-electron chi connectivity index (χ1n) is 10.9. The van der Waals surface area contributed by atoms with Crippen molar-refractivity contribution in [2.75, 3.05) is 47.1 Å². The highest BCUT2D eigenvalue weighted by atomic mass is 16.5. The Labute approximate surface area is 179 Å². The minimum Gasteiger partial charge on any atom is -0.497 e. The van der Waals surface area contributed by atoms with Gasteiger partial charge in [-0.3, -0.25) is 9.59 Å². The SMILES string of the molecule is COCC(=O)N(C1CCOCC1)C1CCCN(C(=O)CCc2cccc(OC)c2)C1. The first-order valence-corrected chi connectivity index (χ1v) is 10.9. The molecule has 0 bridgehead atoms. The fourth-order valence-corrected chi connectivity index (χ4v) is 4.51. The third-order valence-corrected chi connectivity index (χ3v) is 6.04. The number of hydrogen-bond acceptors (Lipinski definition) is 5. The molecule has 1 aromatic carbocycles. The van der Waals surface area contributed by atoms with Crippen LogP contribution in [0.2, 0.25) is 0 Å². The summed E-state index contributed by atoms with van der Waals surface area (Å²) in [6.45, 7) is 2.80. The molecule has 2 amide bonds. The average Bonchev–Trinajstić information content (AvgIpc) is 2.79. The maximum Gasteiger partial charge on any atom is 0.249 e. The molecular weight excluding hydrogens is 384 g/mol. The molecule has 1 aromatic rings. The molecule has 1 unspecified atom stereocenters. The lowest BCUT2D eigenvalue weighted by Gasteiger charge is -2.44. The first kappa shape index (κ1) is 22.6. The van der Waals surface area contributed by atoms with Crippen molar-refractivity contribution >= 4 is 11.8 Å². The van der Waals surface area contributed by atoms with Gasteiger partial charge in [-0.15, -0.1) is 0 Å². The molecule has 0 aliphatic carbocycles. The smallest absolute Gasteiger partial charge is 0.249 e. The van der Waals surface area contributed by atoms with E-state index in [1.165, 1.54) is 0 Å². The van der Waals surface area contributed by atoms with E-state index < -0.39 is 0 Å². The minimum absolute atomic E-state index is 0.0140. The predicted molar refractivity (Wildman–Crippen MR) is 113 cm³/mol. The number of methoxy groups -OCH3 is 2. The van der Waals surface area contributed by atoms with Crippen LogP contribution in [0.25, 0.3) is 0 Å². The third kappa shape index (κ3) is 5.95. The first-order chi connectivity index (χ1) is 14.6. The Hall–Kier alpha value is -2.12. The summed E-state index contributed by atoms with van der Waals surface area (Å²) < 4.78 is 15.9. The van der Waals surface area contributed by atoms with Gasteiger partial charge >= 0.3 is 0 Å². The number of carbonyl (C=O) groups is 2. The van der Waals surface area contributed by atoms with Crippen molar-refractivity contribution in [1.29, 1.82) is 0 Å². The minimum atomic E-state index is 0.0140. The number of rotatable bonds is 8. The van der Waals surface area contributed by atoms with E-state index in [2.05, 4.69) is 0 Å². The number of nitrogens with zero attached hydrogens (tertiary/aromatic N) is 2. The van der Waals surface area contributed by atoms with E-state index in [-0.39, 0.29) is 30.5 Å². The van der Waals surface area contributed by atoms with Gasteiger partial charge < -0.3 is 24.0 Å². The van der Waals surface area contributed by atoms with Crippen molar-refractivity contribution in [3.63, 3.8) is 0 Å². The van der Waals surface area contributed by atoms with E-state index in [1.54, 1.807) is 14.2 Å². The molecule has 0 spiro atoms. The summed E-state index contributed by atoms with van der Waals surface area (Å²) in [7, 11) is 3.20. The van der Waals surface area contributed by atoms with Crippen molar-refractivity contribution in [2.45, 2.75) is 50.6 Å². The quantitative estimate of drug-likeness (QED) is 0.648. The number of likely N-dealkylation sites (tertiary alicyclic amines) is 1. The molecular formula is C23H34N2O5. The second kappa shape index (κ2) is 11.3. The predicted octanol–water partition coefficient (Wildman–Crippen LogP) is 2.27. The van der Waals surface area contributed by atoms with Crippen LogP contribution in [-0.2, 0) is 25.5 Å². The largest absolute Gasteiger partial charge is 0.497 e. The van der Waals surface area contributed by atoms with Gasteiger partial charge in [0.15, 0.2) is 0 Å². The Morgan fingerprint density at radius 1 is 1.17 bits per heavy atom. The Morgan fingerprint density at radius 2 is 1.97 bits per heavy atom. The molecule has 2 fully saturated rings. The lowest BCUT2D eigenvalue weighted by Crippen LogP contribution is -2.56. The van der Waals surface area contributed by atoms with Crippen LogP contribution in [0, 0.1) is 0 Å². The van der Waals surface area contributed by atoms with Gasteiger partial charge in [-0.2, -0.15) is 0 Å². The number of amides is 2. The van der Waals surface area contributed by atoms with E-state index in [9.17, 15) is 9.59 Å². The zero-order chi connectivity index (χ0) is 21.3. The van der Waals surface area contributed by atoms with Crippen molar-refractivity contribution in [3.8, 4) is 5.75 Å². The Bertz CT molecular complexity index is 705. The van der Waals surface area contributed by atoms with Gasteiger partial charge in [0.1, 0.15) is 12.4 Å². The van der Waals surface area contributed by atoms with Crippen LogP contribution < -0.4 is 4.74 Å². The zero-order valence-electron chi connectivity index (χ0n) is 18.2. The Kier molecular flexibility index (Phi) is 8.51. The molecule has 0 N–H and O–H groups in total. The Morgan fingerprint density at radius 3 is 2.70 bits per heavy atom. The van der Waals surface area contributed by atoms with E-state index in [4.69, 9.17) is 14.2 Å². The Balaban J connectivity index is 1.61. The summed E-state index contributed by atoms with van der Waals surface area (Å²) in [5.74, 6) is 0.968. The lowest BCUT2D eigenvalue weighted by molar-refractivity contribution is -0.147. The van der Waals surface area contributed by atoms with Crippen LogP contribution in [0.3, 0.4) is 0 Å². The maximum absolute atomic E-state index is 12.9. The molecule has 7 nitrogen and oxygen atoms in total. The number of ether oxygens (including phenoxy) is 3. The van der Waals surface area contributed by atoms with E-state index in [0.29, 0.717) is 32.6 Å². The van der Waals surface area contributed by atoms with E-state index >= 15 is 0 Å². The van der Waals surface area contributed by atoms with Crippen LogP contribution in [0.5, 0.6) is 5.75 Å². The van der Waals surface area contributed by atoms with Gasteiger partial charge in [0, 0.05) is 51.9 Å². The van der Waals surface area contributed by atoms with Gasteiger partial charge in [-0.05, 0) is 49.8 Å². The van der Waals surface area contributed by atoms with Gasteiger partial charge in [0.2, 0.25) is 11.8 Å². The normalized spacial score (nSPS) is 20.1.